The molecule has 2 heteroatoms. The van der Waals surface area contributed by atoms with Gasteiger partial charge in [-0.3, -0.25) is 4.98 Å². The maximum absolute atomic E-state index is 4.46. The first-order valence-corrected chi connectivity index (χ1v) is 5.84. The first-order chi connectivity index (χ1) is 7.27. The average molecular weight is 204 g/mol. The van der Waals surface area contributed by atoms with E-state index in [9.17, 15) is 0 Å². The lowest BCUT2D eigenvalue weighted by atomic mass is 9.83. The second-order valence-corrected chi connectivity index (χ2v) is 4.72. The molecule has 2 rings (SSSR count). The van der Waals surface area contributed by atoms with Crippen LogP contribution in [0.15, 0.2) is 24.4 Å². The molecule has 1 aromatic heterocycles. The van der Waals surface area contributed by atoms with Crippen molar-refractivity contribution in [1.82, 2.24) is 9.88 Å². The molecule has 0 spiro atoms. The van der Waals surface area contributed by atoms with Gasteiger partial charge in [-0.25, -0.2) is 0 Å². The van der Waals surface area contributed by atoms with Crippen molar-refractivity contribution in [2.24, 2.45) is 0 Å². The normalized spacial score (nSPS) is 26.9. The molecule has 0 unspecified atom stereocenters. The molecule has 0 radical (unpaired) electrons. The molecular weight excluding hydrogens is 184 g/mol. The van der Waals surface area contributed by atoms with Crippen molar-refractivity contribution in [2.45, 2.75) is 37.6 Å². The van der Waals surface area contributed by atoms with Crippen molar-refractivity contribution in [3.05, 3.63) is 30.1 Å². The molecule has 2 nitrogen and oxygen atoms in total. The summed E-state index contributed by atoms with van der Waals surface area (Å²) < 4.78 is 0. The van der Waals surface area contributed by atoms with E-state index in [4.69, 9.17) is 0 Å². The molecule has 1 saturated carbocycles. The Morgan fingerprint density at radius 2 is 1.87 bits per heavy atom. The second kappa shape index (κ2) is 4.75. The lowest BCUT2D eigenvalue weighted by Gasteiger charge is -2.32. The predicted molar refractivity (Wildman–Crippen MR) is 62.9 cm³/mol. The summed E-state index contributed by atoms with van der Waals surface area (Å²) in [6.07, 6.45) is 7.12. The topological polar surface area (TPSA) is 16.1 Å². The Bertz CT molecular complexity index is 287. The molecule has 1 aromatic rings. The van der Waals surface area contributed by atoms with Gasteiger partial charge in [0, 0.05) is 23.9 Å². The molecule has 15 heavy (non-hydrogen) atoms. The van der Waals surface area contributed by atoms with Crippen LogP contribution in [-0.4, -0.2) is 30.0 Å². The first kappa shape index (κ1) is 10.6. The van der Waals surface area contributed by atoms with E-state index >= 15 is 0 Å². The smallest absolute Gasteiger partial charge is 0.0434 e. The standard InChI is InChI=1S/C13H20N2/c1-15(2)12-8-6-11(7-9-12)13-5-3-4-10-14-13/h3-5,10-12H,6-9H2,1-2H3. The van der Waals surface area contributed by atoms with Gasteiger partial charge in [0.2, 0.25) is 0 Å². The fourth-order valence-corrected chi connectivity index (χ4v) is 2.51. The summed E-state index contributed by atoms with van der Waals surface area (Å²) in [4.78, 5) is 6.81. The molecule has 0 bridgehead atoms. The number of aromatic nitrogens is 1. The summed E-state index contributed by atoms with van der Waals surface area (Å²) in [5.41, 5.74) is 1.29. The molecule has 1 aliphatic rings. The van der Waals surface area contributed by atoms with E-state index < -0.39 is 0 Å². The zero-order valence-corrected chi connectivity index (χ0v) is 9.69. The minimum absolute atomic E-state index is 0.697. The summed E-state index contributed by atoms with van der Waals surface area (Å²) >= 11 is 0. The second-order valence-electron chi connectivity index (χ2n) is 4.72. The van der Waals surface area contributed by atoms with E-state index in [-0.39, 0.29) is 0 Å². The minimum Gasteiger partial charge on any atom is -0.306 e. The van der Waals surface area contributed by atoms with Crippen molar-refractivity contribution in [3.8, 4) is 0 Å². The summed E-state index contributed by atoms with van der Waals surface area (Å²) in [5.74, 6) is 0.697. The Kier molecular flexibility index (Phi) is 3.37. The minimum atomic E-state index is 0.697. The molecule has 0 aromatic carbocycles. The van der Waals surface area contributed by atoms with Crippen LogP contribution >= 0.6 is 0 Å². The van der Waals surface area contributed by atoms with E-state index in [1.54, 1.807) is 0 Å². The van der Waals surface area contributed by atoms with Gasteiger partial charge >= 0.3 is 0 Å². The van der Waals surface area contributed by atoms with Crippen LogP contribution in [0.5, 0.6) is 0 Å². The van der Waals surface area contributed by atoms with Gasteiger partial charge in [-0.2, -0.15) is 0 Å². The van der Waals surface area contributed by atoms with Crippen LogP contribution in [0.25, 0.3) is 0 Å². The van der Waals surface area contributed by atoms with Crippen LogP contribution < -0.4 is 0 Å². The average Bonchev–Trinajstić information content (AvgIpc) is 2.30. The predicted octanol–water partition coefficient (Wildman–Crippen LogP) is 2.67. The van der Waals surface area contributed by atoms with E-state index in [0.717, 1.165) is 6.04 Å². The Balaban J connectivity index is 1.94. The summed E-state index contributed by atoms with van der Waals surface area (Å²) in [5, 5.41) is 0. The van der Waals surface area contributed by atoms with E-state index in [0.29, 0.717) is 5.92 Å². The number of pyridine rings is 1. The van der Waals surface area contributed by atoms with Crippen LogP contribution in [0.1, 0.15) is 37.3 Å². The number of rotatable bonds is 2. The van der Waals surface area contributed by atoms with Gasteiger partial charge < -0.3 is 4.90 Å². The molecule has 1 heterocycles. The lowest BCUT2D eigenvalue weighted by Crippen LogP contribution is -2.31. The van der Waals surface area contributed by atoms with Gasteiger partial charge in [-0.15, -0.1) is 0 Å². The van der Waals surface area contributed by atoms with Crippen molar-refractivity contribution in [2.75, 3.05) is 14.1 Å². The third kappa shape index (κ3) is 2.57. The third-order valence-electron chi connectivity index (χ3n) is 3.53. The van der Waals surface area contributed by atoms with Gasteiger partial charge in [0.05, 0.1) is 0 Å². The maximum atomic E-state index is 4.46. The molecule has 0 saturated heterocycles. The van der Waals surface area contributed by atoms with Crippen LogP contribution in [0.4, 0.5) is 0 Å². The highest BCUT2D eigenvalue weighted by Crippen LogP contribution is 2.32. The van der Waals surface area contributed by atoms with Crippen molar-refractivity contribution < 1.29 is 0 Å². The number of nitrogens with zero attached hydrogens (tertiary/aromatic N) is 2. The fraction of sp³-hybridized carbons (Fsp3) is 0.615. The van der Waals surface area contributed by atoms with Gasteiger partial charge in [0.25, 0.3) is 0 Å². The van der Waals surface area contributed by atoms with Gasteiger partial charge in [-0.1, -0.05) is 6.07 Å². The van der Waals surface area contributed by atoms with Crippen LogP contribution in [0.2, 0.25) is 0 Å². The SMILES string of the molecule is CN(C)C1CCC(c2ccccn2)CC1. The number of hydrogen-bond acceptors (Lipinski definition) is 2. The molecule has 0 aliphatic heterocycles. The Morgan fingerprint density at radius 3 is 2.40 bits per heavy atom. The van der Waals surface area contributed by atoms with E-state index in [1.807, 2.05) is 12.3 Å². The Hall–Kier alpha value is -0.890. The highest BCUT2D eigenvalue weighted by Gasteiger charge is 2.23. The molecule has 1 fully saturated rings. The van der Waals surface area contributed by atoms with Crippen LogP contribution in [0, 0.1) is 0 Å². The molecular formula is C13H20N2. The largest absolute Gasteiger partial charge is 0.306 e. The Morgan fingerprint density at radius 1 is 1.13 bits per heavy atom. The summed E-state index contributed by atoms with van der Waals surface area (Å²) in [6, 6.07) is 7.04. The van der Waals surface area contributed by atoms with Crippen molar-refractivity contribution in [1.29, 1.82) is 0 Å². The van der Waals surface area contributed by atoms with E-state index in [1.165, 1.54) is 31.4 Å². The van der Waals surface area contributed by atoms with E-state index in [2.05, 4.69) is 36.1 Å². The third-order valence-corrected chi connectivity index (χ3v) is 3.53. The monoisotopic (exact) mass is 204 g/mol. The Labute approximate surface area is 92.3 Å². The molecule has 0 atom stereocenters. The first-order valence-electron chi connectivity index (χ1n) is 5.84. The van der Waals surface area contributed by atoms with Crippen molar-refractivity contribution >= 4 is 0 Å². The zero-order chi connectivity index (χ0) is 10.7. The van der Waals surface area contributed by atoms with Gasteiger partial charge in [-0.05, 0) is 51.9 Å². The van der Waals surface area contributed by atoms with Crippen LogP contribution in [0.3, 0.4) is 0 Å². The highest BCUT2D eigenvalue weighted by atomic mass is 15.1. The molecule has 1 aliphatic carbocycles. The number of hydrogen-bond donors (Lipinski definition) is 0. The molecule has 0 N–H and O–H groups in total. The quantitative estimate of drug-likeness (QED) is 0.736. The molecule has 0 amide bonds. The zero-order valence-electron chi connectivity index (χ0n) is 9.69. The highest BCUT2D eigenvalue weighted by molar-refractivity contribution is 5.10. The maximum Gasteiger partial charge on any atom is 0.0434 e. The van der Waals surface area contributed by atoms with Crippen LogP contribution in [-0.2, 0) is 0 Å². The fourth-order valence-electron chi connectivity index (χ4n) is 2.51. The summed E-state index contributed by atoms with van der Waals surface area (Å²) in [6.45, 7) is 0. The van der Waals surface area contributed by atoms with Gasteiger partial charge in [0.15, 0.2) is 0 Å². The van der Waals surface area contributed by atoms with Crippen molar-refractivity contribution in [3.63, 3.8) is 0 Å². The molecule has 82 valence electrons. The summed E-state index contributed by atoms with van der Waals surface area (Å²) in [7, 11) is 4.37. The van der Waals surface area contributed by atoms with Gasteiger partial charge in [0.1, 0.15) is 0 Å². The lowest BCUT2D eigenvalue weighted by molar-refractivity contribution is 0.215.